The van der Waals surface area contributed by atoms with E-state index in [1.165, 1.54) is 0 Å². The SMILES string of the molecule is CC(CCO)Sc1ncc(Br)cn1. The van der Waals surface area contributed by atoms with Crippen molar-refractivity contribution in [3.05, 3.63) is 16.9 Å². The molecule has 0 aliphatic carbocycles. The maximum atomic E-state index is 8.70. The number of rotatable bonds is 4. The van der Waals surface area contributed by atoms with Gasteiger partial charge in [-0.15, -0.1) is 0 Å². The summed E-state index contributed by atoms with van der Waals surface area (Å²) < 4.78 is 0.881. The molecule has 1 N–H and O–H groups in total. The first-order valence-electron chi connectivity index (χ1n) is 3.97. The minimum atomic E-state index is 0.213. The molecule has 1 heterocycles. The van der Waals surface area contributed by atoms with Gasteiger partial charge in [0.1, 0.15) is 0 Å². The van der Waals surface area contributed by atoms with Gasteiger partial charge in [-0.05, 0) is 22.4 Å². The summed E-state index contributed by atoms with van der Waals surface area (Å²) in [5, 5.41) is 9.80. The van der Waals surface area contributed by atoms with Crippen LogP contribution in [0, 0.1) is 0 Å². The van der Waals surface area contributed by atoms with E-state index in [0.29, 0.717) is 5.25 Å². The van der Waals surface area contributed by atoms with Crippen molar-refractivity contribution in [3.63, 3.8) is 0 Å². The van der Waals surface area contributed by atoms with Crippen LogP contribution in [0.25, 0.3) is 0 Å². The van der Waals surface area contributed by atoms with Gasteiger partial charge in [0.05, 0.1) is 4.47 Å². The van der Waals surface area contributed by atoms with Crippen LogP contribution in [-0.2, 0) is 0 Å². The van der Waals surface area contributed by atoms with Crippen LogP contribution in [0.2, 0.25) is 0 Å². The number of halogens is 1. The molecule has 1 atom stereocenters. The fraction of sp³-hybridized carbons (Fsp3) is 0.500. The van der Waals surface area contributed by atoms with E-state index < -0.39 is 0 Å². The van der Waals surface area contributed by atoms with Crippen molar-refractivity contribution in [1.82, 2.24) is 9.97 Å². The van der Waals surface area contributed by atoms with Gasteiger partial charge < -0.3 is 5.11 Å². The Kier molecular flexibility index (Phi) is 4.69. The molecule has 1 aromatic heterocycles. The molecule has 72 valence electrons. The minimum Gasteiger partial charge on any atom is -0.396 e. The summed E-state index contributed by atoms with van der Waals surface area (Å²) in [6.45, 7) is 2.26. The van der Waals surface area contributed by atoms with Gasteiger partial charge in [0, 0.05) is 24.3 Å². The third-order valence-electron chi connectivity index (χ3n) is 1.44. The van der Waals surface area contributed by atoms with Crippen LogP contribution in [0.1, 0.15) is 13.3 Å². The molecule has 1 aromatic rings. The molecule has 0 aliphatic heterocycles. The molecule has 1 unspecified atom stereocenters. The van der Waals surface area contributed by atoms with Gasteiger partial charge in [-0.3, -0.25) is 0 Å². The third-order valence-corrected chi connectivity index (χ3v) is 2.91. The third kappa shape index (κ3) is 4.06. The molecule has 0 saturated carbocycles. The van der Waals surface area contributed by atoms with E-state index in [4.69, 9.17) is 5.11 Å². The molecule has 0 fully saturated rings. The van der Waals surface area contributed by atoms with Crippen LogP contribution in [0.4, 0.5) is 0 Å². The number of aromatic nitrogens is 2. The average molecular weight is 263 g/mol. The number of hydrogen-bond donors (Lipinski definition) is 1. The van der Waals surface area contributed by atoms with Crippen LogP contribution in [-0.4, -0.2) is 26.9 Å². The maximum Gasteiger partial charge on any atom is 0.187 e. The van der Waals surface area contributed by atoms with Gasteiger partial charge in [0.25, 0.3) is 0 Å². The standard InChI is InChI=1S/C8H11BrN2OS/c1-6(2-3-12)13-8-10-4-7(9)5-11-8/h4-6,12H,2-3H2,1H3. The summed E-state index contributed by atoms with van der Waals surface area (Å²) in [5.41, 5.74) is 0. The lowest BCUT2D eigenvalue weighted by atomic mass is 10.4. The summed E-state index contributed by atoms with van der Waals surface area (Å²) >= 11 is 4.84. The summed E-state index contributed by atoms with van der Waals surface area (Å²) in [4.78, 5) is 8.25. The van der Waals surface area contributed by atoms with Crippen molar-refractivity contribution < 1.29 is 5.11 Å². The predicted molar refractivity (Wildman–Crippen MR) is 56.8 cm³/mol. The zero-order valence-corrected chi connectivity index (χ0v) is 9.68. The lowest BCUT2D eigenvalue weighted by Gasteiger charge is -2.06. The second-order valence-electron chi connectivity index (χ2n) is 2.62. The lowest BCUT2D eigenvalue weighted by Crippen LogP contribution is -2.00. The van der Waals surface area contributed by atoms with Crippen molar-refractivity contribution in [2.45, 2.75) is 23.8 Å². The lowest BCUT2D eigenvalue weighted by molar-refractivity contribution is 0.289. The van der Waals surface area contributed by atoms with Gasteiger partial charge in [0.2, 0.25) is 0 Å². The summed E-state index contributed by atoms with van der Waals surface area (Å²) in [6.07, 6.45) is 4.21. The van der Waals surface area contributed by atoms with Crippen LogP contribution >= 0.6 is 27.7 Å². The molecule has 0 saturated heterocycles. The highest BCUT2D eigenvalue weighted by Crippen LogP contribution is 2.21. The zero-order chi connectivity index (χ0) is 9.68. The molecular formula is C8H11BrN2OS. The van der Waals surface area contributed by atoms with Gasteiger partial charge in [-0.2, -0.15) is 0 Å². The molecule has 0 aromatic carbocycles. The number of nitrogens with zero attached hydrogens (tertiary/aromatic N) is 2. The summed E-state index contributed by atoms with van der Waals surface area (Å²) in [7, 11) is 0. The van der Waals surface area contributed by atoms with Crippen molar-refractivity contribution in [2.75, 3.05) is 6.61 Å². The second kappa shape index (κ2) is 5.57. The summed E-state index contributed by atoms with van der Waals surface area (Å²) in [6, 6.07) is 0. The number of thioether (sulfide) groups is 1. The Morgan fingerprint density at radius 2 is 2.15 bits per heavy atom. The van der Waals surface area contributed by atoms with Gasteiger partial charge in [0.15, 0.2) is 5.16 Å². The van der Waals surface area contributed by atoms with Crippen LogP contribution in [0.5, 0.6) is 0 Å². The fourth-order valence-electron chi connectivity index (χ4n) is 0.782. The van der Waals surface area contributed by atoms with E-state index in [9.17, 15) is 0 Å². The number of aliphatic hydroxyl groups is 1. The van der Waals surface area contributed by atoms with Crippen LogP contribution in [0.3, 0.4) is 0 Å². The molecule has 0 amide bonds. The van der Waals surface area contributed by atoms with Crippen LogP contribution < -0.4 is 0 Å². The van der Waals surface area contributed by atoms with Gasteiger partial charge in [-0.25, -0.2) is 9.97 Å². The van der Waals surface area contributed by atoms with Crippen molar-refractivity contribution >= 4 is 27.7 Å². The van der Waals surface area contributed by atoms with E-state index in [1.54, 1.807) is 24.2 Å². The Bertz CT molecular complexity index is 255. The molecule has 0 bridgehead atoms. The largest absolute Gasteiger partial charge is 0.396 e. The van der Waals surface area contributed by atoms with Gasteiger partial charge in [-0.1, -0.05) is 18.7 Å². The molecule has 1 rings (SSSR count). The first-order chi connectivity index (χ1) is 6.22. The maximum absolute atomic E-state index is 8.70. The van der Waals surface area contributed by atoms with E-state index >= 15 is 0 Å². The Morgan fingerprint density at radius 3 is 2.69 bits per heavy atom. The Labute approximate surface area is 90.1 Å². The minimum absolute atomic E-state index is 0.213. The quantitative estimate of drug-likeness (QED) is 0.667. The Hall–Kier alpha value is -0.130. The normalized spacial score (nSPS) is 12.8. The highest BCUT2D eigenvalue weighted by molar-refractivity contribution is 9.10. The van der Waals surface area contributed by atoms with Crippen molar-refractivity contribution in [2.24, 2.45) is 0 Å². The fourth-order valence-corrected chi connectivity index (χ4v) is 1.80. The van der Waals surface area contributed by atoms with Crippen molar-refractivity contribution in [3.8, 4) is 0 Å². The topological polar surface area (TPSA) is 46.0 Å². The van der Waals surface area contributed by atoms with E-state index in [0.717, 1.165) is 16.0 Å². The molecule has 13 heavy (non-hydrogen) atoms. The van der Waals surface area contributed by atoms with Crippen molar-refractivity contribution in [1.29, 1.82) is 0 Å². The molecule has 0 aliphatic rings. The first kappa shape index (κ1) is 10.9. The Balaban J connectivity index is 2.49. The molecule has 5 heteroatoms. The highest BCUT2D eigenvalue weighted by atomic mass is 79.9. The summed E-state index contributed by atoms with van der Waals surface area (Å²) in [5.74, 6) is 0. The predicted octanol–water partition coefficient (Wildman–Crippen LogP) is 2.10. The Morgan fingerprint density at radius 1 is 1.54 bits per heavy atom. The van der Waals surface area contributed by atoms with E-state index in [-0.39, 0.29) is 6.61 Å². The van der Waals surface area contributed by atoms with Crippen LogP contribution in [0.15, 0.2) is 22.0 Å². The smallest absolute Gasteiger partial charge is 0.187 e. The number of hydrogen-bond acceptors (Lipinski definition) is 4. The molecule has 3 nitrogen and oxygen atoms in total. The van der Waals surface area contributed by atoms with Gasteiger partial charge >= 0.3 is 0 Å². The highest BCUT2D eigenvalue weighted by Gasteiger charge is 2.05. The number of aliphatic hydroxyl groups excluding tert-OH is 1. The zero-order valence-electron chi connectivity index (χ0n) is 7.27. The second-order valence-corrected chi connectivity index (χ2v) is 4.95. The molecular weight excluding hydrogens is 252 g/mol. The average Bonchev–Trinajstić information content (AvgIpc) is 2.09. The van der Waals surface area contributed by atoms with E-state index in [1.807, 2.05) is 6.92 Å². The first-order valence-corrected chi connectivity index (χ1v) is 5.64. The monoisotopic (exact) mass is 262 g/mol. The molecule has 0 spiro atoms. The van der Waals surface area contributed by atoms with E-state index in [2.05, 4.69) is 25.9 Å². The molecule has 0 radical (unpaired) electrons.